The summed E-state index contributed by atoms with van der Waals surface area (Å²) >= 11 is 0. The summed E-state index contributed by atoms with van der Waals surface area (Å²) < 4.78 is 0. The van der Waals surface area contributed by atoms with Gasteiger partial charge in [0.2, 0.25) is 0 Å². The highest BCUT2D eigenvalue weighted by Crippen LogP contribution is 2.45. The molecule has 0 spiro atoms. The number of rotatable bonds is 3. The summed E-state index contributed by atoms with van der Waals surface area (Å²) in [5.74, 6) is 0.244. The quantitative estimate of drug-likeness (QED) is 0.354. The number of hydrogen-bond donors (Lipinski definition) is 1. The molecule has 78 valence electrons. The lowest BCUT2D eigenvalue weighted by Crippen LogP contribution is -2.00. The van der Waals surface area contributed by atoms with E-state index in [0.717, 1.165) is 12.8 Å². The predicted molar refractivity (Wildman–Crippen MR) is 54.9 cm³/mol. The summed E-state index contributed by atoms with van der Waals surface area (Å²) in [6.07, 6.45) is 2.46. The Balaban J connectivity index is 2.57. The molecule has 0 bridgehead atoms. The lowest BCUT2D eigenvalue weighted by Gasteiger charge is -2.04. The Bertz CT molecular complexity index is 439. The number of nitrogen functional groups attached to an aromatic ring is 1. The zero-order chi connectivity index (χ0) is 11.0. The molecule has 0 saturated heterocycles. The molecule has 1 fully saturated rings. The third-order valence-corrected chi connectivity index (χ3v) is 2.57. The van der Waals surface area contributed by atoms with Gasteiger partial charge >= 0.3 is 0 Å². The maximum absolute atomic E-state index is 10.8. The first-order valence-corrected chi connectivity index (χ1v) is 4.66. The Morgan fingerprint density at radius 2 is 2.13 bits per heavy atom. The van der Waals surface area contributed by atoms with Crippen molar-refractivity contribution in [3.05, 3.63) is 33.4 Å². The van der Waals surface area contributed by atoms with E-state index in [0.29, 0.717) is 17.5 Å². The Morgan fingerprint density at radius 1 is 1.47 bits per heavy atom. The Kier molecular flexibility index (Phi) is 2.15. The van der Waals surface area contributed by atoms with Crippen LogP contribution in [0.5, 0.6) is 0 Å². The van der Waals surface area contributed by atoms with Gasteiger partial charge in [-0.15, -0.1) is 0 Å². The SMILES string of the molecule is Nc1cc(C2CC2)c([N+](=O)[O-])cc1C=O. The smallest absolute Gasteiger partial charge is 0.273 e. The highest BCUT2D eigenvalue weighted by Gasteiger charge is 2.31. The molecule has 0 aliphatic heterocycles. The molecule has 15 heavy (non-hydrogen) atoms. The van der Waals surface area contributed by atoms with Crippen molar-refractivity contribution >= 4 is 17.7 Å². The molecule has 2 N–H and O–H groups in total. The van der Waals surface area contributed by atoms with Crippen LogP contribution in [0, 0.1) is 10.1 Å². The molecule has 1 aromatic rings. The molecular weight excluding hydrogens is 196 g/mol. The van der Waals surface area contributed by atoms with Crippen LogP contribution in [-0.4, -0.2) is 11.2 Å². The molecule has 0 radical (unpaired) electrons. The standard InChI is InChI=1S/C10H10N2O3/c11-9-4-8(6-1-2-6)10(12(14)15)3-7(9)5-13/h3-6H,1-2,11H2. The normalized spacial score (nSPS) is 14.9. The second-order valence-electron chi connectivity index (χ2n) is 3.69. The molecule has 0 atom stereocenters. The zero-order valence-corrected chi connectivity index (χ0v) is 7.97. The molecule has 5 heteroatoms. The summed E-state index contributed by atoms with van der Waals surface area (Å²) in [6, 6.07) is 2.81. The highest BCUT2D eigenvalue weighted by molar-refractivity contribution is 5.85. The third-order valence-electron chi connectivity index (χ3n) is 2.57. The molecule has 0 amide bonds. The van der Waals surface area contributed by atoms with Crippen LogP contribution < -0.4 is 5.73 Å². The Hall–Kier alpha value is -1.91. The summed E-state index contributed by atoms with van der Waals surface area (Å²) in [5.41, 5.74) is 6.78. The van der Waals surface area contributed by atoms with Crippen LogP contribution in [-0.2, 0) is 0 Å². The first-order valence-electron chi connectivity index (χ1n) is 4.66. The minimum absolute atomic E-state index is 0.00815. The van der Waals surface area contributed by atoms with E-state index in [1.165, 1.54) is 6.07 Å². The van der Waals surface area contributed by atoms with Gasteiger partial charge in [0.15, 0.2) is 6.29 Å². The van der Waals surface area contributed by atoms with Gasteiger partial charge in [0.25, 0.3) is 5.69 Å². The number of nitro groups is 1. The summed E-state index contributed by atoms with van der Waals surface area (Å²) in [6.45, 7) is 0. The van der Waals surface area contributed by atoms with Crippen LogP contribution >= 0.6 is 0 Å². The minimum atomic E-state index is -0.458. The number of carbonyl (C=O) groups is 1. The molecule has 0 aromatic heterocycles. The molecule has 0 heterocycles. The van der Waals surface area contributed by atoms with E-state index in [-0.39, 0.29) is 17.2 Å². The Morgan fingerprint density at radius 3 is 2.60 bits per heavy atom. The van der Waals surface area contributed by atoms with Gasteiger partial charge in [0, 0.05) is 22.9 Å². The van der Waals surface area contributed by atoms with Crippen LogP contribution in [0.1, 0.15) is 34.7 Å². The third kappa shape index (κ3) is 1.68. The van der Waals surface area contributed by atoms with Crippen LogP contribution in [0.25, 0.3) is 0 Å². The van der Waals surface area contributed by atoms with Gasteiger partial charge in [-0.3, -0.25) is 14.9 Å². The average Bonchev–Trinajstić information content (AvgIpc) is 3.00. The lowest BCUT2D eigenvalue weighted by atomic mass is 10.0. The number of carbonyl (C=O) groups excluding carboxylic acids is 1. The number of hydrogen-bond acceptors (Lipinski definition) is 4. The molecule has 1 aliphatic carbocycles. The molecule has 0 unspecified atom stereocenters. The van der Waals surface area contributed by atoms with E-state index < -0.39 is 4.92 Å². The first kappa shape index (κ1) is 9.64. The van der Waals surface area contributed by atoms with E-state index in [1.807, 2.05) is 0 Å². The van der Waals surface area contributed by atoms with Crippen molar-refractivity contribution in [2.24, 2.45) is 0 Å². The fourth-order valence-electron chi connectivity index (χ4n) is 1.62. The van der Waals surface area contributed by atoms with Crippen molar-refractivity contribution in [1.82, 2.24) is 0 Å². The topological polar surface area (TPSA) is 86.2 Å². The zero-order valence-electron chi connectivity index (χ0n) is 7.97. The van der Waals surface area contributed by atoms with Gasteiger partial charge in [0.1, 0.15) is 0 Å². The summed E-state index contributed by atoms with van der Waals surface area (Å²) in [7, 11) is 0. The fraction of sp³-hybridized carbons (Fsp3) is 0.300. The maximum atomic E-state index is 10.8. The van der Waals surface area contributed by atoms with Crippen LogP contribution in [0.4, 0.5) is 11.4 Å². The summed E-state index contributed by atoms with van der Waals surface area (Å²) in [4.78, 5) is 20.9. The van der Waals surface area contributed by atoms with E-state index >= 15 is 0 Å². The number of nitrogens with two attached hydrogens (primary N) is 1. The van der Waals surface area contributed by atoms with Crippen LogP contribution in [0.15, 0.2) is 12.1 Å². The largest absolute Gasteiger partial charge is 0.398 e. The van der Waals surface area contributed by atoms with Gasteiger partial charge in [-0.2, -0.15) is 0 Å². The number of anilines is 1. The first-order chi connectivity index (χ1) is 7.13. The van der Waals surface area contributed by atoms with Crippen molar-refractivity contribution in [3.8, 4) is 0 Å². The van der Waals surface area contributed by atoms with Crippen molar-refractivity contribution in [2.45, 2.75) is 18.8 Å². The van der Waals surface area contributed by atoms with E-state index in [9.17, 15) is 14.9 Å². The number of benzene rings is 1. The molecule has 2 rings (SSSR count). The van der Waals surface area contributed by atoms with Gasteiger partial charge in [-0.05, 0) is 24.8 Å². The molecule has 5 nitrogen and oxygen atoms in total. The Labute approximate surface area is 86.0 Å². The number of nitro benzene ring substituents is 1. The molecule has 1 aromatic carbocycles. The van der Waals surface area contributed by atoms with Crippen LogP contribution in [0.3, 0.4) is 0 Å². The van der Waals surface area contributed by atoms with Crippen molar-refractivity contribution in [2.75, 3.05) is 5.73 Å². The second-order valence-corrected chi connectivity index (χ2v) is 3.69. The second kappa shape index (κ2) is 3.34. The fourth-order valence-corrected chi connectivity index (χ4v) is 1.62. The van der Waals surface area contributed by atoms with Gasteiger partial charge < -0.3 is 5.73 Å². The number of aldehydes is 1. The monoisotopic (exact) mass is 206 g/mol. The molecular formula is C10H10N2O3. The van der Waals surface area contributed by atoms with E-state index in [4.69, 9.17) is 5.73 Å². The van der Waals surface area contributed by atoms with E-state index in [2.05, 4.69) is 0 Å². The highest BCUT2D eigenvalue weighted by atomic mass is 16.6. The average molecular weight is 206 g/mol. The predicted octanol–water partition coefficient (Wildman–Crippen LogP) is 1.87. The maximum Gasteiger partial charge on any atom is 0.273 e. The number of nitrogens with zero attached hydrogens (tertiary/aromatic N) is 1. The molecule has 1 aliphatic rings. The molecule has 1 saturated carbocycles. The lowest BCUT2D eigenvalue weighted by molar-refractivity contribution is -0.385. The van der Waals surface area contributed by atoms with E-state index in [1.54, 1.807) is 6.07 Å². The van der Waals surface area contributed by atoms with Gasteiger partial charge in [-0.25, -0.2) is 0 Å². The van der Waals surface area contributed by atoms with Gasteiger partial charge in [-0.1, -0.05) is 0 Å². The van der Waals surface area contributed by atoms with Crippen molar-refractivity contribution in [3.63, 3.8) is 0 Å². The summed E-state index contributed by atoms with van der Waals surface area (Å²) in [5, 5.41) is 10.8. The van der Waals surface area contributed by atoms with Crippen LogP contribution in [0.2, 0.25) is 0 Å². The van der Waals surface area contributed by atoms with Gasteiger partial charge in [0.05, 0.1) is 4.92 Å². The van der Waals surface area contributed by atoms with Crippen molar-refractivity contribution in [1.29, 1.82) is 0 Å². The minimum Gasteiger partial charge on any atom is -0.398 e. The van der Waals surface area contributed by atoms with Crippen molar-refractivity contribution < 1.29 is 9.72 Å².